The van der Waals surface area contributed by atoms with Crippen molar-refractivity contribution in [1.29, 1.82) is 0 Å². The second-order valence-corrected chi connectivity index (χ2v) is 8.38. The highest BCUT2D eigenvalue weighted by Crippen LogP contribution is 2.29. The predicted molar refractivity (Wildman–Crippen MR) is 113 cm³/mol. The number of fused-ring (bicyclic) bond motifs is 1. The Morgan fingerprint density at radius 3 is 2.89 bits per heavy atom. The Balaban J connectivity index is 1.36. The van der Waals surface area contributed by atoms with Gasteiger partial charge in [-0.2, -0.15) is 11.3 Å². The van der Waals surface area contributed by atoms with Crippen LogP contribution in [0.5, 0.6) is 0 Å². The summed E-state index contributed by atoms with van der Waals surface area (Å²) < 4.78 is 0. The molecular formula is C20H20N4O2S2. The van der Waals surface area contributed by atoms with E-state index in [0.717, 1.165) is 35.6 Å². The van der Waals surface area contributed by atoms with Gasteiger partial charge >= 0.3 is 0 Å². The van der Waals surface area contributed by atoms with Gasteiger partial charge in [-0.3, -0.25) is 20.4 Å². The number of hydrogen-bond donors (Lipinski definition) is 2. The number of nitrogens with zero attached hydrogens (tertiary/aromatic N) is 2. The van der Waals surface area contributed by atoms with E-state index in [2.05, 4.69) is 21.9 Å². The minimum Gasteiger partial charge on any atom is -0.362 e. The van der Waals surface area contributed by atoms with Gasteiger partial charge in [0.1, 0.15) is 9.88 Å². The topological polar surface area (TPSA) is 74.3 Å². The number of para-hydroxylation sites is 1. The summed E-state index contributed by atoms with van der Waals surface area (Å²) in [6.07, 6.45) is 2.05. The first-order valence-electron chi connectivity index (χ1n) is 9.04. The highest BCUT2D eigenvalue weighted by atomic mass is 32.1. The lowest BCUT2D eigenvalue weighted by Gasteiger charge is -2.30. The third-order valence-corrected chi connectivity index (χ3v) is 6.52. The molecule has 144 valence electrons. The van der Waals surface area contributed by atoms with Crippen molar-refractivity contribution < 1.29 is 9.59 Å². The zero-order valence-corrected chi connectivity index (χ0v) is 17.0. The van der Waals surface area contributed by atoms with Gasteiger partial charge in [0.25, 0.3) is 11.8 Å². The molecule has 2 aromatic heterocycles. The van der Waals surface area contributed by atoms with E-state index in [4.69, 9.17) is 0 Å². The molecule has 2 amide bonds. The van der Waals surface area contributed by atoms with E-state index in [-0.39, 0.29) is 18.4 Å². The number of benzene rings is 1. The summed E-state index contributed by atoms with van der Waals surface area (Å²) in [5, 5.41) is 4.78. The number of hydrogen-bond acceptors (Lipinski definition) is 6. The molecule has 0 unspecified atom stereocenters. The van der Waals surface area contributed by atoms with Crippen LogP contribution in [-0.4, -0.2) is 29.9 Å². The van der Waals surface area contributed by atoms with E-state index >= 15 is 0 Å². The van der Waals surface area contributed by atoms with Crippen LogP contribution in [0, 0.1) is 6.92 Å². The second-order valence-electron chi connectivity index (χ2n) is 6.60. The van der Waals surface area contributed by atoms with Crippen molar-refractivity contribution in [2.24, 2.45) is 0 Å². The molecule has 0 saturated heterocycles. The summed E-state index contributed by atoms with van der Waals surface area (Å²) in [4.78, 5) is 31.8. The Hall–Kier alpha value is -2.71. The number of aromatic nitrogens is 1. The molecule has 0 saturated carbocycles. The number of carbonyl (C=O) groups excluding carboxylic acids is 2. The number of rotatable bonds is 4. The molecule has 0 spiro atoms. The van der Waals surface area contributed by atoms with E-state index in [9.17, 15) is 9.59 Å². The minimum absolute atomic E-state index is 0.207. The largest absolute Gasteiger partial charge is 0.362 e. The first-order chi connectivity index (χ1) is 13.6. The average molecular weight is 413 g/mol. The maximum atomic E-state index is 12.5. The number of hydrazine groups is 1. The molecule has 0 fully saturated rings. The molecule has 3 heterocycles. The third-order valence-electron chi connectivity index (χ3n) is 4.63. The van der Waals surface area contributed by atoms with E-state index in [0.29, 0.717) is 10.6 Å². The van der Waals surface area contributed by atoms with Gasteiger partial charge in [0.15, 0.2) is 0 Å². The maximum absolute atomic E-state index is 12.5. The van der Waals surface area contributed by atoms with Gasteiger partial charge in [0.05, 0.1) is 12.2 Å². The third kappa shape index (κ3) is 3.93. The number of carbonyl (C=O) groups is 2. The Bertz CT molecular complexity index is 998. The van der Waals surface area contributed by atoms with Crippen LogP contribution in [0.1, 0.15) is 27.3 Å². The Kier molecular flexibility index (Phi) is 5.40. The van der Waals surface area contributed by atoms with Crippen molar-refractivity contribution in [1.82, 2.24) is 15.8 Å². The van der Waals surface area contributed by atoms with Gasteiger partial charge in [0, 0.05) is 23.2 Å². The second kappa shape index (κ2) is 8.12. The number of nitrogens with one attached hydrogen (secondary N) is 2. The van der Waals surface area contributed by atoms with Crippen LogP contribution in [0.2, 0.25) is 0 Å². The molecule has 0 radical (unpaired) electrons. The molecule has 1 aliphatic heterocycles. The van der Waals surface area contributed by atoms with E-state index in [1.807, 2.05) is 39.9 Å². The molecule has 0 bridgehead atoms. The number of thiophene rings is 1. The number of amides is 2. The van der Waals surface area contributed by atoms with Crippen molar-refractivity contribution in [3.63, 3.8) is 0 Å². The lowest BCUT2D eigenvalue weighted by molar-refractivity contribution is -0.120. The standard InChI is InChI=1S/C20H20N4O2S2/c1-13-18(28-20(21-13)15-8-10-27-12-15)19(26)23-22-17(25)11-24-9-4-6-14-5-2-3-7-16(14)24/h2-3,5,7-8,10,12H,4,6,9,11H2,1H3,(H,22,25)(H,23,26). The van der Waals surface area contributed by atoms with E-state index in [1.54, 1.807) is 18.3 Å². The Labute approximate surface area is 171 Å². The number of anilines is 1. The normalized spacial score (nSPS) is 13.1. The van der Waals surface area contributed by atoms with Crippen LogP contribution in [0.3, 0.4) is 0 Å². The number of thiazole rings is 1. The van der Waals surface area contributed by atoms with Crippen LogP contribution in [0.15, 0.2) is 41.1 Å². The first kappa shape index (κ1) is 18.6. The van der Waals surface area contributed by atoms with Crippen molar-refractivity contribution in [3.8, 4) is 10.6 Å². The molecule has 6 nitrogen and oxygen atoms in total. The summed E-state index contributed by atoms with van der Waals surface area (Å²) in [5.41, 5.74) is 9.06. The summed E-state index contributed by atoms with van der Waals surface area (Å²) in [6, 6.07) is 10.1. The van der Waals surface area contributed by atoms with Crippen molar-refractivity contribution in [2.45, 2.75) is 19.8 Å². The molecule has 3 aromatic rings. The Morgan fingerprint density at radius 1 is 1.21 bits per heavy atom. The summed E-state index contributed by atoms with van der Waals surface area (Å²) in [5.74, 6) is -0.589. The molecule has 2 N–H and O–H groups in total. The number of aryl methyl sites for hydroxylation is 2. The van der Waals surface area contributed by atoms with Crippen LogP contribution in [0.25, 0.3) is 10.6 Å². The van der Waals surface area contributed by atoms with Gasteiger partial charge < -0.3 is 4.90 Å². The highest BCUT2D eigenvalue weighted by molar-refractivity contribution is 7.17. The SMILES string of the molecule is Cc1nc(-c2ccsc2)sc1C(=O)NNC(=O)CN1CCCc2ccccc21. The van der Waals surface area contributed by atoms with Gasteiger partial charge in [-0.05, 0) is 42.8 Å². The molecule has 0 aliphatic carbocycles. The molecule has 1 aliphatic rings. The van der Waals surface area contributed by atoms with E-state index < -0.39 is 0 Å². The van der Waals surface area contributed by atoms with Crippen LogP contribution < -0.4 is 15.8 Å². The lowest BCUT2D eigenvalue weighted by Crippen LogP contribution is -2.47. The molecule has 4 rings (SSSR count). The zero-order chi connectivity index (χ0) is 19.5. The molecule has 1 aromatic carbocycles. The highest BCUT2D eigenvalue weighted by Gasteiger charge is 2.20. The average Bonchev–Trinajstić information content (AvgIpc) is 3.36. The van der Waals surface area contributed by atoms with Crippen LogP contribution in [-0.2, 0) is 11.2 Å². The van der Waals surface area contributed by atoms with Crippen molar-refractivity contribution >= 4 is 40.2 Å². The fourth-order valence-corrected chi connectivity index (χ4v) is 4.96. The maximum Gasteiger partial charge on any atom is 0.281 e. The van der Waals surface area contributed by atoms with Gasteiger partial charge in [0.2, 0.25) is 0 Å². The quantitative estimate of drug-likeness (QED) is 0.644. The minimum atomic E-state index is -0.344. The van der Waals surface area contributed by atoms with Crippen molar-refractivity contribution in [2.75, 3.05) is 18.0 Å². The molecule has 0 atom stereocenters. The van der Waals surface area contributed by atoms with Gasteiger partial charge in [-0.1, -0.05) is 18.2 Å². The summed E-state index contributed by atoms with van der Waals surface area (Å²) in [7, 11) is 0. The van der Waals surface area contributed by atoms with Crippen LogP contribution >= 0.6 is 22.7 Å². The van der Waals surface area contributed by atoms with Gasteiger partial charge in [-0.25, -0.2) is 4.98 Å². The fraction of sp³-hybridized carbons (Fsp3) is 0.250. The molecular weight excluding hydrogens is 392 g/mol. The predicted octanol–water partition coefficient (Wildman–Crippen LogP) is 3.39. The first-order valence-corrected chi connectivity index (χ1v) is 10.8. The lowest BCUT2D eigenvalue weighted by atomic mass is 10.0. The zero-order valence-electron chi connectivity index (χ0n) is 15.4. The summed E-state index contributed by atoms with van der Waals surface area (Å²) >= 11 is 2.91. The smallest absolute Gasteiger partial charge is 0.281 e. The summed E-state index contributed by atoms with van der Waals surface area (Å²) in [6.45, 7) is 2.84. The molecule has 28 heavy (non-hydrogen) atoms. The molecule has 8 heteroatoms. The fourth-order valence-electron chi connectivity index (χ4n) is 3.29. The van der Waals surface area contributed by atoms with Gasteiger partial charge in [-0.15, -0.1) is 11.3 Å². The van der Waals surface area contributed by atoms with Crippen molar-refractivity contribution in [3.05, 3.63) is 57.2 Å². The Morgan fingerprint density at radius 2 is 2.07 bits per heavy atom. The van der Waals surface area contributed by atoms with Crippen LogP contribution in [0.4, 0.5) is 5.69 Å². The monoisotopic (exact) mass is 412 g/mol. The van der Waals surface area contributed by atoms with E-state index in [1.165, 1.54) is 16.9 Å².